The number of hydrogen-bond donors (Lipinski definition) is 4. The van der Waals surface area contributed by atoms with Crippen molar-refractivity contribution >= 4 is 11.2 Å². The molecule has 3 rings (SSSR count). The van der Waals surface area contributed by atoms with E-state index in [2.05, 4.69) is 9.97 Å². The third-order valence-corrected chi connectivity index (χ3v) is 3.49. The maximum Gasteiger partial charge on any atom is 0.167 e. The zero-order chi connectivity index (χ0) is 14.4. The number of hydrogen-bond acceptors (Lipinski definition) is 7. The van der Waals surface area contributed by atoms with Crippen LogP contribution in [0.3, 0.4) is 0 Å². The molecule has 3 heterocycles. The van der Waals surface area contributed by atoms with Crippen LogP contribution in [0.5, 0.6) is 0 Å². The first kappa shape index (κ1) is 13.2. The second-order valence-corrected chi connectivity index (χ2v) is 4.76. The lowest BCUT2D eigenvalue weighted by Crippen LogP contribution is -2.33. The predicted octanol–water partition coefficient (Wildman–Crippen LogP) is -2.14. The summed E-state index contributed by atoms with van der Waals surface area (Å²) in [5.41, 5.74) is 0.927. The number of aliphatic hydroxyl groups excluding tert-OH is 3. The molecule has 0 radical (unpaired) electrons. The lowest BCUT2D eigenvalue weighted by atomic mass is 10.1. The molecule has 9 nitrogen and oxygen atoms in total. The van der Waals surface area contributed by atoms with Gasteiger partial charge in [0.15, 0.2) is 17.4 Å². The molecule has 4 N–H and O–H groups in total. The average Bonchev–Trinajstić information content (AvgIpc) is 2.98. The molecule has 108 valence electrons. The number of aryl methyl sites for hydroxylation is 1. The van der Waals surface area contributed by atoms with Crippen molar-refractivity contribution in [3.05, 3.63) is 18.1 Å². The molecule has 2 aromatic heterocycles. The van der Waals surface area contributed by atoms with E-state index in [-0.39, 0.29) is 5.49 Å². The van der Waals surface area contributed by atoms with Crippen LogP contribution in [0.15, 0.2) is 12.7 Å². The Morgan fingerprint density at radius 2 is 2.05 bits per heavy atom. The number of aromatic nitrogens is 4. The van der Waals surface area contributed by atoms with Crippen LogP contribution in [0, 0.1) is 5.41 Å². The van der Waals surface area contributed by atoms with Crippen LogP contribution in [0.4, 0.5) is 0 Å². The predicted molar refractivity (Wildman–Crippen MR) is 65.4 cm³/mol. The summed E-state index contributed by atoms with van der Waals surface area (Å²) >= 11 is 0. The van der Waals surface area contributed by atoms with E-state index in [1.165, 1.54) is 21.8 Å². The van der Waals surface area contributed by atoms with E-state index in [4.69, 9.17) is 15.3 Å². The maximum atomic E-state index is 10.00. The van der Waals surface area contributed by atoms with Gasteiger partial charge in [-0.2, -0.15) is 0 Å². The Balaban J connectivity index is 2.08. The summed E-state index contributed by atoms with van der Waals surface area (Å²) in [5, 5.41) is 36.8. The van der Waals surface area contributed by atoms with Gasteiger partial charge in [0.25, 0.3) is 0 Å². The van der Waals surface area contributed by atoms with Crippen molar-refractivity contribution < 1.29 is 20.1 Å². The molecule has 0 aliphatic carbocycles. The molecule has 20 heavy (non-hydrogen) atoms. The molecule has 0 unspecified atom stereocenters. The number of nitrogens with one attached hydrogen (secondary N) is 1. The average molecular weight is 281 g/mol. The highest BCUT2D eigenvalue weighted by molar-refractivity contribution is 5.68. The molecule has 0 saturated carbocycles. The molecular formula is C11H15N5O4. The molecule has 0 bridgehead atoms. The van der Waals surface area contributed by atoms with Gasteiger partial charge >= 0.3 is 0 Å². The smallest absolute Gasteiger partial charge is 0.167 e. The van der Waals surface area contributed by atoms with E-state index in [0.29, 0.717) is 11.2 Å². The molecule has 0 spiro atoms. The van der Waals surface area contributed by atoms with Gasteiger partial charge < -0.3 is 24.6 Å². The summed E-state index contributed by atoms with van der Waals surface area (Å²) < 4.78 is 8.39. The topological polar surface area (TPSA) is 129 Å². The zero-order valence-electron chi connectivity index (χ0n) is 10.7. The van der Waals surface area contributed by atoms with Gasteiger partial charge in [0.05, 0.1) is 19.3 Å². The highest BCUT2D eigenvalue weighted by Crippen LogP contribution is 2.30. The number of rotatable bonds is 2. The minimum Gasteiger partial charge on any atom is -0.394 e. The van der Waals surface area contributed by atoms with Gasteiger partial charge in [0, 0.05) is 7.05 Å². The second-order valence-electron chi connectivity index (χ2n) is 4.76. The van der Waals surface area contributed by atoms with Crippen LogP contribution in [-0.4, -0.2) is 59.3 Å². The Morgan fingerprint density at radius 1 is 1.30 bits per heavy atom. The van der Waals surface area contributed by atoms with Crippen LogP contribution < -0.4 is 5.49 Å². The van der Waals surface area contributed by atoms with Crippen LogP contribution in [0.2, 0.25) is 0 Å². The first-order valence-corrected chi connectivity index (χ1v) is 6.09. The van der Waals surface area contributed by atoms with E-state index in [1.54, 1.807) is 7.05 Å². The van der Waals surface area contributed by atoms with Crippen molar-refractivity contribution in [2.24, 2.45) is 7.05 Å². The fourth-order valence-electron chi connectivity index (χ4n) is 2.31. The largest absolute Gasteiger partial charge is 0.394 e. The molecule has 1 aliphatic rings. The molecule has 1 aliphatic heterocycles. The minimum absolute atomic E-state index is 0.181. The van der Waals surface area contributed by atoms with Crippen molar-refractivity contribution in [3.63, 3.8) is 0 Å². The summed E-state index contributed by atoms with van der Waals surface area (Å²) in [4.78, 5) is 8.26. The second kappa shape index (κ2) is 4.63. The normalized spacial score (nSPS) is 30.2. The van der Waals surface area contributed by atoms with Gasteiger partial charge in [-0.1, -0.05) is 0 Å². The molecule has 4 atom stereocenters. The Labute approximate surface area is 113 Å². The zero-order valence-corrected chi connectivity index (χ0v) is 10.7. The van der Waals surface area contributed by atoms with Gasteiger partial charge in [-0.3, -0.25) is 9.98 Å². The van der Waals surface area contributed by atoms with Crippen molar-refractivity contribution in [3.8, 4) is 0 Å². The number of nitrogens with zero attached hydrogens (tertiary/aromatic N) is 4. The molecule has 9 heteroatoms. The van der Waals surface area contributed by atoms with Crippen LogP contribution in [-0.2, 0) is 11.8 Å². The SMILES string of the molecule is Cn1cnc2c(ncn2[C@@H]2O[C@H](CO)[C@@H](O)[C@@H]2O)c1=N. The first-order chi connectivity index (χ1) is 9.54. The Morgan fingerprint density at radius 3 is 2.70 bits per heavy atom. The highest BCUT2D eigenvalue weighted by Gasteiger charge is 2.43. The fraction of sp³-hybridized carbons (Fsp3) is 0.545. The maximum absolute atomic E-state index is 10.00. The molecule has 1 saturated heterocycles. The molecule has 0 aromatic carbocycles. The number of ether oxygens (including phenoxy) is 1. The lowest BCUT2D eigenvalue weighted by Gasteiger charge is -2.16. The van der Waals surface area contributed by atoms with Gasteiger partial charge in [0.1, 0.15) is 23.8 Å². The quantitative estimate of drug-likeness (QED) is 0.497. The van der Waals surface area contributed by atoms with Crippen molar-refractivity contribution in [1.29, 1.82) is 5.41 Å². The fourth-order valence-corrected chi connectivity index (χ4v) is 2.31. The summed E-state index contributed by atoms with van der Waals surface area (Å²) in [7, 11) is 1.68. The first-order valence-electron chi connectivity index (χ1n) is 6.09. The van der Waals surface area contributed by atoms with E-state index >= 15 is 0 Å². The standard InChI is InChI=1S/C11H15N5O4/c1-15-3-14-10-6(9(15)12)13-4-16(10)11-8(19)7(18)5(2-17)20-11/h3-5,7-8,11-12,17-19H,2H2,1H3/t5-,7-,8+,11-/m1/s1. The van der Waals surface area contributed by atoms with Crippen LogP contribution in [0.1, 0.15) is 6.23 Å². The summed E-state index contributed by atoms with van der Waals surface area (Å²) in [6, 6.07) is 0. The summed E-state index contributed by atoms with van der Waals surface area (Å²) in [6.07, 6.45) is -1.28. The number of imidazole rings is 1. The number of fused-ring (bicyclic) bond motifs is 1. The van der Waals surface area contributed by atoms with Gasteiger partial charge in [-0.25, -0.2) is 9.97 Å². The Bertz CT molecular complexity index is 696. The highest BCUT2D eigenvalue weighted by atomic mass is 16.6. The van der Waals surface area contributed by atoms with Gasteiger partial charge in [0.2, 0.25) is 0 Å². The van der Waals surface area contributed by atoms with Crippen LogP contribution >= 0.6 is 0 Å². The Hall–Kier alpha value is -1.81. The van der Waals surface area contributed by atoms with Crippen molar-refractivity contribution in [1.82, 2.24) is 19.1 Å². The molecule has 2 aromatic rings. The van der Waals surface area contributed by atoms with Gasteiger partial charge in [-0.05, 0) is 0 Å². The van der Waals surface area contributed by atoms with E-state index in [9.17, 15) is 10.2 Å². The van der Waals surface area contributed by atoms with Crippen molar-refractivity contribution in [2.75, 3.05) is 6.61 Å². The van der Waals surface area contributed by atoms with Crippen LogP contribution in [0.25, 0.3) is 11.2 Å². The molecular weight excluding hydrogens is 266 g/mol. The van der Waals surface area contributed by atoms with Gasteiger partial charge in [-0.15, -0.1) is 0 Å². The minimum atomic E-state index is -1.20. The van der Waals surface area contributed by atoms with E-state index < -0.39 is 31.1 Å². The summed E-state index contributed by atoms with van der Waals surface area (Å²) in [5.74, 6) is 0. The third-order valence-electron chi connectivity index (χ3n) is 3.49. The monoisotopic (exact) mass is 281 g/mol. The molecule has 1 fully saturated rings. The van der Waals surface area contributed by atoms with E-state index in [1.807, 2.05) is 0 Å². The summed E-state index contributed by atoms with van der Waals surface area (Å²) in [6.45, 7) is -0.395. The lowest BCUT2D eigenvalue weighted by molar-refractivity contribution is -0.0511. The van der Waals surface area contributed by atoms with E-state index in [0.717, 1.165) is 0 Å². The number of aliphatic hydroxyl groups is 3. The third kappa shape index (κ3) is 1.75. The molecule has 0 amide bonds. The Kier molecular flexibility index (Phi) is 3.05. The van der Waals surface area contributed by atoms with Crippen molar-refractivity contribution in [2.45, 2.75) is 24.5 Å².